The highest BCUT2D eigenvalue weighted by molar-refractivity contribution is 5.71. The van der Waals surface area contributed by atoms with Crippen LogP contribution in [0.25, 0.3) is 11.1 Å². The second-order valence-electron chi connectivity index (χ2n) is 4.27. The van der Waals surface area contributed by atoms with Crippen LogP contribution >= 0.6 is 0 Å². The van der Waals surface area contributed by atoms with Crippen molar-refractivity contribution in [3.8, 4) is 11.1 Å². The molecule has 0 spiro atoms. The maximum atomic E-state index is 13.6. The Balaban J connectivity index is 2.57. The minimum atomic E-state index is -4.76. The van der Waals surface area contributed by atoms with Crippen molar-refractivity contribution in [2.45, 2.75) is 12.6 Å². The smallest absolute Gasteiger partial charge is 0.418 e. The molecule has 0 saturated heterocycles. The molecule has 0 fully saturated rings. The summed E-state index contributed by atoms with van der Waals surface area (Å²) in [5.41, 5.74) is -1.87. The predicted molar refractivity (Wildman–Crippen MR) is 66.0 cm³/mol. The highest BCUT2D eigenvalue weighted by atomic mass is 19.4. The zero-order valence-corrected chi connectivity index (χ0v) is 10.5. The molecule has 1 N–H and O–H groups in total. The summed E-state index contributed by atoms with van der Waals surface area (Å²) in [5, 5.41) is 8.62. The fourth-order valence-electron chi connectivity index (χ4n) is 1.87. The maximum Gasteiger partial charge on any atom is 0.418 e. The monoisotopic (exact) mass is 299 g/mol. The number of carboxylic acid groups (broad SMARTS) is 1. The van der Waals surface area contributed by atoms with E-state index in [1.807, 2.05) is 0 Å². The normalized spacial score (nSPS) is 11.4. The van der Waals surface area contributed by atoms with Gasteiger partial charge in [-0.3, -0.25) is 9.78 Å². The number of benzene rings is 1. The minimum absolute atomic E-state index is 0.0302. The summed E-state index contributed by atoms with van der Waals surface area (Å²) in [6, 6.07) is 6.05. The number of hydrogen-bond donors (Lipinski definition) is 1. The first-order valence-corrected chi connectivity index (χ1v) is 5.82. The van der Waals surface area contributed by atoms with Crippen molar-refractivity contribution in [2.75, 3.05) is 0 Å². The molecule has 0 amide bonds. The van der Waals surface area contributed by atoms with Crippen LogP contribution in [0.3, 0.4) is 0 Å². The van der Waals surface area contributed by atoms with Crippen LogP contribution in [0, 0.1) is 5.82 Å². The number of aliphatic carboxylic acids is 1. The third kappa shape index (κ3) is 3.36. The summed E-state index contributed by atoms with van der Waals surface area (Å²) < 4.78 is 52.5. The molecular weight excluding hydrogens is 290 g/mol. The molecule has 1 aromatic carbocycles. The van der Waals surface area contributed by atoms with Gasteiger partial charge in [0.15, 0.2) is 0 Å². The second kappa shape index (κ2) is 5.51. The summed E-state index contributed by atoms with van der Waals surface area (Å²) in [7, 11) is 0. The minimum Gasteiger partial charge on any atom is -0.481 e. The average molecular weight is 299 g/mol. The molecule has 0 unspecified atom stereocenters. The largest absolute Gasteiger partial charge is 0.481 e. The lowest BCUT2D eigenvalue weighted by Gasteiger charge is -2.13. The first-order valence-electron chi connectivity index (χ1n) is 5.82. The number of hydrogen-bond acceptors (Lipinski definition) is 2. The van der Waals surface area contributed by atoms with Crippen molar-refractivity contribution in [1.82, 2.24) is 4.98 Å². The number of alkyl halides is 3. The number of halogens is 4. The van der Waals surface area contributed by atoms with Crippen LogP contribution in [0.15, 0.2) is 36.5 Å². The molecule has 0 aliphatic heterocycles. The molecule has 0 aliphatic rings. The number of rotatable bonds is 3. The molecule has 0 radical (unpaired) electrons. The van der Waals surface area contributed by atoms with Gasteiger partial charge in [0.1, 0.15) is 5.82 Å². The van der Waals surface area contributed by atoms with Gasteiger partial charge in [0, 0.05) is 17.3 Å². The lowest BCUT2D eigenvalue weighted by molar-refractivity contribution is -0.140. The standard InChI is InChI=1S/C14H9F4NO2/c15-11-4-2-1-3-9(11)8-5-10(14(16,17)18)12(19-7-8)6-13(20)21/h1-5,7H,6H2,(H,20,21). The van der Waals surface area contributed by atoms with Crippen LogP contribution < -0.4 is 0 Å². The van der Waals surface area contributed by atoms with Gasteiger partial charge < -0.3 is 5.11 Å². The Morgan fingerprint density at radius 1 is 1.24 bits per heavy atom. The van der Waals surface area contributed by atoms with E-state index >= 15 is 0 Å². The molecule has 21 heavy (non-hydrogen) atoms. The topological polar surface area (TPSA) is 50.2 Å². The van der Waals surface area contributed by atoms with E-state index in [4.69, 9.17) is 5.11 Å². The predicted octanol–water partition coefficient (Wildman–Crippen LogP) is 3.53. The number of aromatic nitrogens is 1. The third-order valence-electron chi connectivity index (χ3n) is 2.78. The van der Waals surface area contributed by atoms with Crippen molar-refractivity contribution < 1.29 is 27.5 Å². The molecule has 110 valence electrons. The Morgan fingerprint density at radius 3 is 2.48 bits per heavy atom. The summed E-state index contributed by atoms with van der Waals surface area (Å²) in [4.78, 5) is 14.1. The number of carboxylic acids is 1. The van der Waals surface area contributed by atoms with E-state index in [0.29, 0.717) is 6.07 Å². The molecule has 3 nitrogen and oxygen atoms in total. The summed E-state index contributed by atoms with van der Waals surface area (Å²) in [6.07, 6.45) is -4.59. The molecule has 2 aromatic rings. The third-order valence-corrected chi connectivity index (χ3v) is 2.78. The lowest BCUT2D eigenvalue weighted by Crippen LogP contribution is -2.14. The van der Waals surface area contributed by atoms with Crippen molar-refractivity contribution >= 4 is 5.97 Å². The van der Waals surface area contributed by atoms with Gasteiger partial charge in [0.2, 0.25) is 0 Å². The average Bonchev–Trinajstić information content (AvgIpc) is 2.38. The molecule has 1 aromatic heterocycles. The second-order valence-corrected chi connectivity index (χ2v) is 4.27. The van der Waals surface area contributed by atoms with E-state index in [9.17, 15) is 22.4 Å². The van der Waals surface area contributed by atoms with E-state index in [-0.39, 0.29) is 11.1 Å². The summed E-state index contributed by atoms with van der Waals surface area (Å²) in [5.74, 6) is -2.11. The Morgan fingerprint density at radius 2 is 1.90 bits per heavy atom. The van der Waals surface area contributed by atoms with Gasteiger partial charge in [-0.25, -0.2) is 4.39 Å². The fourth-order valence-corrected chi connectivity index (χ4v) is 1.87. The SMILES string of the molecule is O=C(O)Cc1ncc(-c2ccccc2F)cc1C(F)(F)F. The molecule has 0 atom stereocenters. The molecule has 0 aliphatic carbocycles. The van der Waals surface area contributed by atoms with Gasteiger partial charge in [-0.15, -0.1) is 0 Å². The lowest BCUT2D eigenvalue weighted by atomic mass is 10.0. The van der Waals surface area contributed by atoms with Crippen molar-refractivity contribution in [1.29, 1.82) is 0 Å². The van der Waals surface area contributed by atoms with E-state index in [2.05, 4.69) is 4.98 Å². The van der Waals surface area contributed by atoms with E-state index in [0.717, 1.165) is 12.3 Å². The highest BCUT2D eigenvalue weighted by Gasteiger charge is 2.35. The first kappa shape index (κ1) is 15.0. The van der Waals surface area contributed by atoms with Crippen molar-refractivity contribution in [3.05, 3.63) is 53.6 Å². The van der Waals surface area contributed by atoms with Crippen LogP contribution in [0.2, 0.25) is 0 Å². The van der Waals surface area contributed by atoms with E-state index in [1.54, 1.807) is 0 Å². The van der Waals surface area contributed by atoms with Gasteiger partial charge >= 0.3 is 12.1 Å². The molecule has 2 rings (SSSR count). The van der Waals surface area contributed by atoms with Crippen molar-refractivity contribution in [2.24, 2.45) is 0 Å². The van der Waals surface area contributed by atoms with Crippen LogP contribution in [0.5, 0.6) is 0 Å². The van der Waals surface area contributed by atoms with Crippen LogP contribution in [0.1, 0.15) is 11.3 Å². The Bertz CT molecular complexity index is 683. The fraction of sp³-hybridized carbons (Fsp3) is 0.143. The molecule has 0 bridgehead atoms. The van der Waals surface area contributed by atoms with Crippen molar-refractivity contribution in [3.63, 3.8) is 0 Å². The number of nitrogens with zero attached hydrogens (tertiary/aromatic N) is 1. The van der Waals surface area contributed by atoms with Gasteiger partial charge in [-0.2, -0.15) is 13.2 Å². The molecule has 0 saturated carbocycles. The van der Waals surface area contributed by atoms with E-state index < -0.39 is 35.6 Å². The van der Waals surface area contributed by atoms with Gasteiger partial charge in [0.25, 0.3) is 0 Å². The van der Waals surface area contributed by atoms with Crippen LogP contribution in [-0.2, 0) is 17.4 Å². The quantitative estimate of drug-likeness (QED) is 0.882. The van der Waals surface area contributed by atoms with Gasteiger partial charge in [-0.05, 0) is 12.1 Å². The van der Waals surface area contributed by atoms with Crippen LogP contribution in [0.4, 0.5) is 17.6 Å². The maximum absolute atomic E-state index is 13.6. The first-order chi connectivity index (χ1) is 9.79. The number of pyridine rings is 1. The summed E-state index contributed by atoms with van der Waals surface area (Å²) >= 11 is 0. The molecule has 1 heterocycles. The van der Waals surface area contributed by atoms with E-state index in [1.165, 1.54) is 18.2 Å². The Kier molecular flexibility index (Phi) is 3.93. The molecule has 7 heteroatoms. The Hall–Kier alpha value is -2.44. The van der Waals surface area contributed by atoms with Crippen LogP contribution in [-0.4, -0.2) is 16.1 Å². The molecular formula is C14H9F4NO2. The Labute approximate surface area is 116 Å². The number of carbonyl (C=O) groups is 1. The zero-order chi connectivity index (χ0) is 15.6. The van der Waals surface area contributed by atoms with Gasteiger partial charge in [0.05, 0.1) is 17.7 Å². The highest BCUT2D eigenvalue weighted by Crippen LogP contribution is 2.34. The van der Waals surface area contributed by atoms with Gasteiger partial charge in [-0.1, -0.05) is 18.2 Å². The zero-order valence-electron chi connectivity index (χ0n) is 10.5. The summed E-state index contributed by atoms with van der Waals surface area (Å²) in [6.45, 7) is 0.